The molecular weight excluding hydrogens is 264 g/mol. The van der Waals surface area contributed by atoms with E-state index in [2.05, 4.69) is 15.2 Å². The largest absolute Gasteiger partial charge is 0.379 e. The maximum atomic E-state index is 5.99. The average molecular weight is 296 g/mol. The van der Waals surface area contributed by atoms with E-state index in [9.17, 15) is 0 Å². The van der Waals surface area contributed by atoms with Gasteiger partial charge in [0.05, 0.1) is 13.2 Å². The maximum absolute atomic E-state index is 5.99. The molecule has 0 unspecified atom stereocenters. The van der Waals surface area contributed by atoms with E-state index in [0.717, 1.165) is 45.8 Å². The van der Waals surface area contributed by atoms with Gasteiger partial charge in [0.1, 0.15) is 0 Å². The van der Waals surface area contributed by atoms with Crippen molar-refractivity contribution in [3.05, 3.63) is 0 Å². The van der Waals surface area contributed by atoms with Crippen molar-refractivity contribution in [1.82, 2.24) is 10.2 Å². The molecule has 122 valence electrons. The molecule has 5 nitrogen and oxygen atoms in total. The highest BCUT2D eigenvalue weighted by atomic mass is 16.5. The molecule has 0 aromatic heterocycles. The van der Waals surface area contributed by atoms with E-state index >= 15 is 0 Å². The third-order valence-electron chi connectivity index (χ3n) is 4.48. The lowest BCUT2D eigenvalue weighted by molar-refractivity contribution is 0.0373. The van der Waals surface area contributed by atoms with E-state index in [-0.39, 0.29) is 0 Å². The third kappa shape index (κ3) is 7.14. The fraction of sp³-hybridized carbons (Fsp3) is 0.938. The summed E-state index contributed by atoms with van der Waals surface area (Å²) in [5.74, 6) is 0.647. The summed E-state index contributed by atoms with van der Waals surface area (Å²) in [6, 6.07) is 0.546. The minimum atomic E-state index is 0.546. The summed E-state index contributed by atoms with van der Waals surface area (Å²) in [6.07, 6.45) is 10.2. The summed E-state index contributed by atoms with van der Waals surface area (Å²) >= 11 is 0. The fourth-order valence-electron chi connectivity index (χ4n) is 3.15. The van der Waals surface area contributed by atoms with Crippen LogP contribution in [0.3, 0.4) is 0 Å². The normalized spacial score (nSPS) is 23.0. The van der Waals surface area contributed by atoms with Crippen LogP contribution >= 0.6 is 0 Å². The van der Waals surface area contributed by atoms with Gasteiger partial charge in [-0.2, -0.15) is 0 Å². The summed E-state index contributed by atoms with van der Waals surface area (Å²) in [4.78, 5) is 6.94. The standard InChI is InChI=1S/C16H32N4O/c17-16(19-15-7-3-1-2-4-8-15)18-9-5-6-10-20-11-13-21-14-12-20/h15H,1-14H2,(H3,17,18,19). The van der Waals surface area contributed by atoms with Crippen LogP contribution in [0.4, 0.5) is 0 Å². The molecule has 2 fully saturated rings. The van der Waals surface area contributed by atoms with E-state index in [4.69, 9.17) is 10.5 Å². The van der Waals surface area contributed by atoms with Crippen LogP contribution in [-0.2, 0) is 4.74 Å². The second kappa shape index (κ2) is 10.0. The zero-order chi connectivity index (χ0) is 14.8. The van der Waals surface area contributed by atoms with Crippen LogP contribution in [-0.4, -0.2) is 56.3 Å². The molecule has 21 heavy (non-hydrogen) atoms. The van der Waals surface area contributed by atoms with Crippen LogP contribution in [0.2, 0.25) is 0 Å². The van der Waals surface area contributed by atoms with E-state index in [0.29, 0.717) is 12.0 Å². The molecule has 0 bridgehead atoms. The van der Waals surface area contributed by atoms with Gasteiger partial charge in [0.2, 0.25) is 0 Å². The van der Waals surface area contributed by atoms with Crippen molar-refractivity contribution in [2.75, 3.05) is 39.4 Å². The number of nitrogens with zero attached hydrogens (tertiary/aromatic N) is 2. The summed E-state index contributed by atoms with van der Waals surface area (Å²) in [7, 11) is 0. The number of aliphatic imine (C=N–C) groups is 1. The lowest BCUT2D eigenvalue weighted by Crippen LogP contribution is -2.40. The van der Waals surface area contributed by atoms with Crippen molar-refractivity contribution >= 4 is 5.96 Å². The zero-order valence-electron chi connectivity index (χ0n) is 13.4. The maximum Gasteiger partial charge on any atom is 0.188 e. The third-order valence-corrected chi connectivity index (χ3v) is 4.48. The predicted octanol–water partition coefficient (Wildman–Crippen LogP) is 1.73. The molecule has 1 saturated carbocycles. The number of nitrogens with one attached hydrogen (secondary N) is 1. The molecular formula is C16H32N4O. The van der Waals surface area contributed by atoms with E-state index in [1.165, 1.54) is 44.9 Å². The second-order valence-corrected chi connectivity index (χ2v) is 6.26. The van der Waals surface area contributed by atoms with Gasteiger partial charge in [-0.05, 0) is 32.2 Å². The van der Waals surface area contributed by atoms with Gasteiger partial charge in [-0.3, -0.25) is 9.89 Å². The topological polar surface area (TPSA) is 62.9 Å². The van der Waals surface area contributed by atoms with Crippen molar-refractivity contribution in [3.63, 3.8) is 0 Å². The van der Waals surface area contributed by atoms with Crippen molar-refractivity contribution in [2.24, 2.45) is 10.7 Å². The first kappa shape index (κ1) is 16.6. The Labute approximate surface area is 129 Å². The minimum Gasteiger partial charge on any atom is -0.379 e. The van der Waals surface area contributed by atoms with Crippen molar-refractivity contribution in [2.45, 2.75) is 57.4 Å². The first-order valence-electron chi connectivity index (χ1n) is 8.71. The smallest absolute Gasteiger partial charge is 0.188 e. The number of guanidine groups is 1. The Kier molecular flexibility index (Phi) is 7.89. The SMILES string of the molecule is NC(=NCCCCN1CCOCC1)NC1CCCCCC1. The molecule has 2 aliphatic rings. The molecule has 3 N–H and O–H groups in total. The first-order chi connectivity index (χ1) is 10.3. The summed E-state index contributed by atoms with van der Waals surface area (Å²) in [5, 5.41) is 3.40. The molecule has 0 radical (unpaired) electrons. The lowest BCUT2D eigenvalue weighted by atomic mass is 10.1. The minimum absolute atomic E-state index is 0.546. The predicted molar refractivity (Wildman–Crippen MR) is 87.6 cm³/mol. The van der Waals surface area contributed by atoms with Crippen LogP contribution in [0.15, 0.2) is 4.99 Å². The van der Waals surface area contributed by atoms with Gasteiger partial charge in [0.15, 0.2) is 5.96 Å². The zero-order valence-corrected chi connectivity index (χ0v) is 13.4. The Balaban J connectivity index is 1.53. The Morgan fingerprint density at radius 3 is 2.52 bits per heavy atom. The van der Waals surface area contributed by atoms with Gasteiger partial charge in [0.25, 0.3) is 0 Å². The second-order valence-electron chi connectivity index (χ2n) is 6.26. The van der Waals surface area contributed by atoms with Crippen LogP contribution in [0, 0.1) is 0 Å². The van der Waals surface area contributed by atoms with Crippen LogP contribution in [0.5, 0.6) is 0 Å². The average Bonchev–Trinajstić information content (AvgIpc) is 2.76. The van der Waals surface area contributed by atoms with Gasteiger partial charge in [-0.15, -0.1) is 0 Å². The molecule has 0 spiro atoms. The fourth-order valence-corrected chi connectivity index (χ4v) is 3.15. The van der Waals surface area contributed by atoms with E-state index in [1.54, 1.807) is 0 Å². The molecule has 0 aromatic rings. The number of nitrogens with two attached hydrogens (primary N) is 1. The molecule has 1 aliphatic heterocycles. The van der Waals surface area contributed by atoms with Gasteiger partial charge >= 0.3 is 0 Å². The number of rotatable bonds is 6. The molecule has 1 heterocycles. The van der Waals surface area contributed by atoms with Gasteiger partial charge in [-0.1, -0.05) is 25.7 Å². The number of morpholine rings is 1. The van der Waals surface area contributed by atoms with Crippen LogP contribution in [0.25, 0.3) is 0 Å². The molecule has 2 rings (SSSR count). The van der Waals surface area contributed by atoms with E-state index < -0.39 is 0 Å². The number of hydrogen-bond acceptors (Lipinski definition) is 3. The Bertz CT molecular complexity index is 295. The van der Waals surface area contributed by atoms with Crippen LogP contribution in [0.1, 0.15) is 51.4 Å². The van der Waals surface area contributed by atoms with Crippen molar-refractivity contribution < 1.29 is 4.74 Å². The first-order valence-corrected chi connectivity index (χ1v) is 8.71. The summed E-state index contributed by atoms with van der Waals surface area (Å²) in [5.41, 5.74) is 5.99. The Morgan fingerprint density at radius 1 is 1.10 bits per heavy atom. The van der Waals surface area contributed by atoms with Crippen LogP contribution < -0.4 is 11.1 Å². The number of hydrogen-bond donors (Lipinski definition) is 2. The number of ether oxygens (including phenoxy) is 1. The molecule has 0 amide bonds. The van der Waals surface area contributed by atoms with Gasteiger partial charge < -0.3 is 15.8 Å². The summed E-state index contributed by atoms with van der Waals surface area (Å²) in [6.45, 7) is 5.93. The molecule has 0 aromatic carbocycles. The van der Waals surface area contributed by atoms with Crippen molar-refractivity contribution in [1.29, 1.82) is 0 Å². The quantitative estimate of drug-likeness (QED) is 0.339. The van der Waals surface area contributed by atoms with Crippen molar-refractivity contribution in [3.8, 4) is 0 Å². The highest BCUT2D eigenvalue weighted by molar-refractivity contribution is 5.78. The molecule has 1 aliphatic carbocycles. The summed E-state index contributed by atoms with van der Waals surface area (Å²) < 4.78 is 5.35. The van der Waals surface area contributed by atoms with E-state index in [1.807, 2.05) is 0 Å². The lowest BCUT2D eigenvalue weighted by Gasteiger charge is -2.26. The van der Waals surface area contributed by atoms with Gasteiger partial charge in [0, 0.05) is 25.7 Å². The highest BCUT2D eigenvalue weighted by Crippen LogP contribution is 2.16. The number of unbranched alkanes of at least 4 members (excludes halogenated alkanes) is 1. The van der Waals surface area contributed by atoms with Gasteiger partial charge in [-0.25, -0.2) is 0 Å². The molecule has 5 heteroatoms. The molecule has 1 saturated heterocycles. The highest BCUT2D eigenvalue weighted by Gasteiger charge is 2.12. The Morgan fingerprint density at radius 2 is 1.81 bits per heavy atom. The monoisotopic (exact) mass is 296 g/mol. The molecule has 0 atom stereocenters. The Hall–Kier alpha value is -0.810.